The van der Waals surface area contributed by atoms with Crippen LogP contribution < -0.4 is 10.1 Å². The van der Waals surface area contributed by atoms with E-state index in [4.69, 9.17) is 14.2 Å². The number of amides is 1. The van der Waals surface area contributed by atoms with Crippen molar-refractivity contribution in [2.75, 3.05) is 13.2 Å². The third kappa shape index (κ3) is 13.3. The van der Waals surface area contributed by atoms with E-state index in [1.807, 2.05) is 54.6 Å². The molecular weight excluding hydrogens is 588 g/mol. The first-order chi connectivity index (χ1) is 22.6. The molecule has 0 aliphatic heterocycles. The molecule has 47 heavy (non-hydrogen) atoms. The molecule has 0 bridgehead atoms. The third-order valence-corrected chi connectivity index (χ3v) is 7.53. The van der Waals surface area contributed by atoms with Crippen LogP contribution in [0.3, 0.4) is 0 Å². The number of hydrogen-bond donors (Lipinski definition) is 1. The molecule has 0 saturated heterocycles. The number of rotatable bonds is 16. The molecule has 7 heteroatoms. The van der Waals surface area contributed by atoms with E-state index in [2.05, 4.69) is 77.8 Å². The van der Waals surface area contributed by atoms with Gasteiger partial charge in [-0.1, -0.05) is 110 Å². The van der Waals surface area contributed by atoms with Gasteiger partial charge in [0.05, 0.1) is 6.61 Å². The second kappa shape index (κ2) is 17.9. The Bertz CT molecular complexity index is 1450. The molecule has 248 valence electrons. The van der Waals surface area contributed by atoms with Crippen molar-refractivity contribution in [3.05, 3.63) is 138 Å². The smallest absolute Gasteiger partial charge is 0.408 e. The Balaban J connectivity index is 1.28. The monoisotopic (exact) mass is 636 g/mol. The molecular formula is C40H48N2O5. The maximum absolute atomic E-state index is 13.0. The highest BCUT2D eigenvalue weighted by molar-refractivity contribution is 5.82. The fraction of sp³-hybridized carbons (Fsp3) is 0.350. The van der Waals surface area contributed by atoms with E-state index in [0.717, 1.165) is 42.9 Å². The van der Waals surface area contributed by atoms with Gasteiger partial charge in [-0.15, -0.1) is 0 Å². The van der Waals surface area contributed by atoms with Gasteiger partial charge >= 0.3 is 12.1 Å². The number of carbonyl (C=O) groups excluding carboxylic acids is 2. The maximum Gasteiger partial charge on any atom is 0.408 e. The van der Waals surface area contributed by atoms with E-state index in [1.54, 1.807) is 20.8 Å². The zero-order valence-corrected chi connectivity index (χ0v) is 28.1. The van der Waals surface area contributed by atoms with Crippen LogP contribution in [-0.4, -0.2) is 41.8 Å². The summed E-state index contributed by atoms with van der Waals surface area (Å²) in [6.07, 6.45) is 0.580. The Morgan fingerprint density at radius 2 is 1.26 bits per heavy atom. The van der Waals surface area contributed by atoms with Crippen LogP contribution in [0.4, 0.5) is 4.79 Å². The van der Waals surface area contributed by atoms with Crippen LogP contribution in [0.2, 0.25) is 0 Å². The lowest BCUT2D eigenvalue weighted by atomic mass is 10.1. The highest BCUT2D eigenvalue weighted by atomic mass is 16.6. The topological polar surface area (TPSA) is 77.1 Å². The van der Waals surface area contributed by atoms with E-state index in [0.29, 0.717) is 12.5 Å². The third-order valence-electron chi connectivity index (χ3n) is 7.53. The van der Waals surface area contributed by atoms with Gasteiger partial charge in [0.15, 0.2) is 0 Å². The summed E-state index contributed by atoms with van der Waals surface area (Å²) in [5.41, 5.74) is 3.64. The minimum Gasteiger partial charge on any atom is -0.493 e. The molecule has 4 aromatic rings. The number of hydrogen-bond acceptors (Lipinski definition) is 6. The minimum absolute atomic E-state index is 0.107. The summed E-state index contributed by atoms with van der Waals surface area (Å²) in [6, 6.07) is 37.3. The van der Waals surface area contributed by atoms with Crippen LogP contribution in [-0.2, 0) is 40.4 Å². The van der Waals surface area contributed by atoms with Crippen molar-refractivity contribution >= 4 is 12.1 Å². The lowest BCUT2D eigenvalue weighted by Crippen LogP contribution is -2.45. The molecule has 1 N–H and O–H groups in total. The van der Waals surface area contributed by atoms with E-state index in [9.17, 15) is 9.59 Å². The van der Waals surface area contributed by atoms with Gasteiger partial charge in [0.1, 0.15) is 24.0 Å². The van der Waals surface area contributed by atoms with Crippen molar-refractivity contribution in [3.63, 3.8) is 0 Å². The van der Waals surface area contributed by atoms with Gasteiger partial charge in [0.25, 0.3) is 0 Å². The normalized spacial score (nSPS) is 12.6. The summed E-state index contributed by atoms with van der Waals surface area (Å²) in [5.74, 6) is 0.596. The van der Waals surface area contributed by atoms with Crippen molar-refractivity contribution in [2.24, 2.45) is 5.92 Å². The molecule has 0 aromatic heterocycles. The predicted molar refractivity (Wildman–Crippen MR) is 186 cm³/mol. The molecule has 0 unspecified atom stereocenters. The Hall–Kier alpha value is -4.62. The number of nitrogens with one attached hydrogen (secondary N) is 1. The van der Waals surface area contributed by atoms with Crippen LogP contribution in [0.5, 0.6) is 5.75 Å². The minimum atomic E-state index is -0.904. The summed E-state index contributed by atoms with van der Waals surface area (Å²) in [4.78, 5) is 28.1. The fourth-order valence-electron chi connectivity index (χ4n) is 5.05. The van der Waals surface area contributed by atoms with Crippen molar-refractivity contribution in [3.8, 4) is 5.75 Å². The summed E-state index contributed by atoms with van der Waals surface area (Å²) in [7, 11) is 0. The van der Waals surface area contributed by atoms with E-state index in [-0.39, 0.29) is 13.0 Å². The zero-order valence-electron chi connectivity index (χ0n) is 28.1. The Labute approximate surface area is 279 Å². The molecule has 0 saturated carbocycles. The average Bonchev–Trinajstić information content (AvgIpc) is 3.06. The highest BCUT2D eigenvalue weighted by Gasteiger charge is 2.27. The van der Waals surface area contributed by atoms with Gasteiger partial charge in [0.2, 0.25) is 0 Å². The van der Waals surface area contributed by atoms with Crippen LogP contribution in [0.1, 0.15) is 56.4 Å². The molecule has 4 aromatic carbocycles. The number of carbonyl (C=O) groups is 2. The second-order valence-electron chi connectivity index (χ2n) is 13.0. The molecule has 7 nitrogen and oxygen atoms in total. The molecule has 4 rings (SSSR count). The van der Waals surface area contributed by atoms with Crippen molar-refractivity contribution in [2.45, 2.75) is 71.9 Å². The van der Waals surface area contributed by atoms with Gasteiger partial charge in [-0.2, -0.15) is 0 Å². The van der Waals surface area contributed by atoms with Gasteiger partial charge in [-0.05, 0) is 74.0 Å². The van der Waals surface area contributed by atoms with Gasteiger partial charge < -0.3 is 19.5 Å². The lowest BCUT2D eigenvalue weighted by Gasteiger charge is -2.25. The first kappa shape index (κ1) is 35.2. The van der Waals surface area contributed by atoms with E-state index < -0.39 is 23.7 Å². The Morgan fingerprint density at radius 3 is 1.79 bits per heavy atom. The van der Waals surface area contributed by atoms with Gasteiger partial charge in [-0.25, -0.2) is 9.59 Å². The molecule has 1 amide bonds. The molecule has 0 spiro atoms. The molecule has 0 radical (unpaired) electrons. The standard InChI is InChI=1S/C40H48N2O5/c1-31(24-25-42(27-33-14-8-5-9-15-33)28-34-16-10-6-11-17-34)29-45-36-22-20-32(21-23-36)26-37(38(43)47-40(2,3)4)41-39(44)46-30-35-18-12-7-13-19-35/h5-23,31,37H,24-30H2,1-4H3,(H,41,44)/t31-,37-/m0/s1. The van der Waals surface area contributed by atoms with Crippen LogP contribution in [0, 0.1) is 5.92 Å². The first-order valence-corrected chi connectivity index (χ1v) is 16.3. The maximum atomic E-state index is 13.0. The van der Waals surface area contributed by atoms with Crippen molar-refractivity contribution in [1.29, 1.82) is 0 Å². The number of benzene rings is 4. The van der Waals surface area contributed by atoms with Crippen molar-refractivity contribution < 1.29 is 23.8 Å². The van der Waals surface area contributed by atoms with Crippen molar-refractivity contribution in [1.82, 2.24) is 10.2 Å². The number of esters is 1. The van der Waals surface area contributed by atoms with E-state index >= 15 is 0 Å². The summed E-state index contributed by atoms with van der Waals surface area (Å²) < 4.78 is 17.1. The molecule has 0 aliphatic rings. The number of alkyl carbamates (subject to hydrolysis) is 1. The quantitative estimate of drug-likeness (QED) is 0.126. The lowest BCUT2D eigenvalue weighted by molar-refractivity contribution is -0.157. The predicted octanol–water partition coefficient (Wildman–Crippen LogP) is 7.97. The van der Waals surface area contributed by atoms with Gasteiger partial charge in [-0.3, -0.25) is 4.90 Å². The van der Waals surface area contributed by atoms with Crippen LogP contribution >= 0.6 is 0 Å². The van der Waals surface area contributed by atoms with Crippen LogP contribution in [0.15, 0.2) is 115 Å². The summed E-state index contributed by atoms with van der Waals surface area (Å²) >= 11 is 0. The Morgan fingerprint density at radius 1 is 0.723 bits per heavy atom. The zero-order chi connectivity index (χ0) is 33.5. The first-order valence-electron chi connectivity index (χ1n) is 16.3. The average molecular weight is 637 g/mol. The van der Waals surface area contributed by atoms with E-state index in [1.165, 1.54) is 11.1 Å². The number of nitrogens with zero attached hydrogens (tertiary/aromatic N) is 1. The SMILES string of the molecule is C[C@@H](CCN(Cc1ccccc1)Cc1ccccc1)COc1ccc(C[C@H](NC(=O)OCc2ccccc2)C(=O)OC(C)(C)C)cc1. The summed E-state index contributed by atoms with van der Waals surface area (Å²) in [5, 5.41) is 2.70. The second-order valence-corrected chi connectivity index (χ2v) is 13.0. The molecule has 0 fully saturated rings. The molecule has 0 heterocycles. The highest BCUT2D eigenvalue weighted by Crippen LogP contribution is 2.18. The molecule has 2 atom stereocenters. The number of ether oxygens (including phenoxy) is 3. The van der Waals surface area contributed by atoms with Crippen LogP contribution in [0.25, 0.3) is 0 Å². The summed E-state index contributed by atoms with van der Waals surface area (Å²) in [6.45, 7) is 11.1. The fourth-order valence-corrected chi connectivity index (χ4v) is 5.05. The molecule has 0 aliphatic carbocycles. The van der Waals surface area contributed by atoms with Gasteiger partial charge in [0, 0.05) is 19.5 Å². The largest absolute Gasteiger partial charge is 0.493 e. The Kier molecular flexibility index (Phi) is 13.4.